The Bertz CT molecular complexity index is 869. The van der Waals surface area contributed by atoms with Gasteiger partial charge in [-0.1, -0.05) is 12.1 Å². The van der Waals surface area contributed by atoms with Crippen LogP contribution in [0.4, 0.5) is 8.78 Å². The lowest BCUT2D eigenvalue weighted by molar-refractivity contribution is -0.126. The molecule has 0 radical (unpaired) electrons. The topological polar surface area (TPSA) is 42.0 Å². The second-order valence-electron chi connectivity index (χ2n) is 6.75. The molecule has 0 spiro atoms. The molecule has 0 saturated heterocycles. The highest BCUT2D eigenvalue weighted by Gasteiger charge is 2.15. The summed E-state index contributed by atoms with van der Waals surface area (Å²) in [5.74, 6) is -0.442. The molecule has 0 unspecified atom stereocenters. The molecule has 2 rings (SSSR count). The van der Waals surface area contributed by atoms with Gasteiger partial charge in [-0.3, -0.25) is 4.79 Å². The fourth-order valence-corrected chi connectivity index (χ4v) is 2.67. The number of ether oxygens (including phenoxy) is 2. The van der Waals surface area contributed by atoms with Crippen LogP contribution in [0.25, 0.3) is 6.08 Å². The Kier molecular flexibility index (Phi) is 8.15. The summed E-state index contributed by atoms with van der Waals surface area (Å²) in [6.07, 6.45) is 3.09. The zero-order valence-corrected chi connectivity index (χ0v) is 17.1. The number of hydrogen-bond donors (Lipinski definition) is 0. The molecule has 156 valence electrons. The van der Waals surface area contributed by atoms with Gasteiger partial charge in [-0.2, -0.15) is 0 Å². The van der Waals surface area contributed by atoms with Gasteiger partial charge in [-0.15, -0.1) is 0 Å². The van der Waals surface area contributed by atoms with E-state index in [9.17, 15) is 13.6 Å². The summed E-state index contributed by atoms with van der Waals surface area (Å²) >= 11 is 0. The summed E-state index contributed by atoms with van der Waals surface area (Å²) in [5, 5.41) is 0. The highest BCUT2D eigenvalue weighted by molar-refractivity contribution is 5.91. The van der Waals surface area contributed by atoms with Crippen molar-refractivity contribution in [2.75, 3.05) is 41.4 Å². The molecule has 5 nitrogen and oxygen atoms in total. The highest BCUT2D eigenvalue weighted by Crippen LogP contribution is 2.28. The number of benzene rings is 2. The van der Waals surface area contributed by atoms with Crippen molar-refractivity contribution in [3.05, 3.63) is 65.2 Å². The fraction of sp³-hybridized carbons (Fsp3) is 0.318. The van der Waals surface area contributed by atoms with Crippen molar-refractivity contribution in [1.82, 2.24) is 9.80 Å². The van der Waals surface area contributed by atoms with Crippen LogP contribution >= 0.6 is 0 Å². The Morgan fingerprint density at radius 2 is 1.72 bits per heavy atom. The monoisotopic (exact) mass is 404 g/mol. The number of rotatable bonds is 9. The summed E-state index contributed by atoms with van der Waals surface area (Å²) < 4.78 is 37.7. The van der Waals surface area contributed by atoms with Crippen molar-refractivity contribution >= 4 is 12.0 Å². The van der Waals surface area contributed by atoms with E-state index in [1.165, 1.54) is 30.2 Å². The van der Waals surface area contributed by atoms with E-state index in [-0.39, 0.29) is 18.0 Å². The second-order valence-corrected chi connectivity index (χ2v) is 6.75. The molecule has 0 saturated carbocycles. The molecule has 0 bridgehead atoms. The van der Waals surface area contributed by atoms with Crippen LogP contribution in [0.3, 0.4) is 0 Å². The van der Waals surface area contributed by atoms with Crippen molar-refractivity contribution in [2.24, 2.45) is 0 Å². The molecule has 0 N–H and O–H groups in total. The Morgan fingerprint density at radius 1 is 1.00 bits per heavy atom. The number of amides is 1. The quantitative estimate of drug-likeness (QED) is 0.599. The van der Waals surface area contributed by atoms with Crippen molar-refractivity contribution in [2.45, 2.75) is 6.54 Å². The lowest BCUT2D eigenvalue weighted by Crippen LogP contribution is -2.35. The van der Waals surface area contributed by atoms with Crippen LogP contribution in [0.1, 0.15) is 11.1 Å². The SMILES string of the molecule is COc1ccc(C=CC(=O)N(CCN(C)C)Cc2ccc(F)cc2F)cc1OC. The normalized spacial score (nSPS) is 11.1. The minimum Gasteiger partial charge on any atom is -0.493 e. The number of hydrogen-bond acceptors (Lipinski definition) is 4. The maximum absolute atomic E-state index is 14.0. The van der Waals surface area contributed by atoms with Crippen LogP contribution in [-0.4, -0.2) is 57.1 Å². The number of carbonyl (C=O) groups is 1. The summed E-state index contributed by atoms with van der Waals surface area (Å²) in [6.45, 7) is 1.06. The number of halogens is 2. The number of carbonyl (C=O) groups excluding carboxylic acids is 1. The first-order valence-corrected chi connectivity index (χ1v) is 9.11. The van der Waals surface area contributed by atoms with Gasteiger partial charge in [-0.25, -0.2) is 8.78 Å². The van der Waals surface area contributed by atoms with Crippen molar-refractivity contribution in [3.8, 4) is 11.5 Å². The van der Waals surface area contributed by atoms with E-state index in [1.807, 2.05) is 19.0 Å². The maximum atomic E-state index is 14.0. The number of nitrogens with zero attached hydrogens (tertiary/aromatic N) is 2. The third kappa shape index (κ3) is 6.57. The van der Waals surface area contributed by atoms with E-state index in [4.69, 9.17) is 9.47 Å². The van der Waals surface area contributed by atoms with Crippen molar-refractivity contribution in [1.29, 1.82) is 0 Å². The van der Waals surface area contributed by atoms with E-state index in [1.54, 1.807) is 31.4 Å². The average molecular weight is 404 g/mol. The molecule has 2 aromatic carbocycles. The Hall–Kier alpha value is -2.93. The van der Waals surface area contributed by atoms with Crippen LogP contribution in [-0.2, 0) is 11.3 Å². The Labute approximate surface area is 170 Å². The minimum absolute atomic E-state index is 0.0507. The van der Waals surface area contributed by atoms with E-state index >= 15 is 0 Å². The first-order valence-electron chi connectivity index (χ1n) is 9.11. The van der Waals surface area contributed by atoms with Gasteiger partial charge in [0.1, 0.15) is 11.6 Å². The lowest BCUT2D eigenvalue weighted by Gasteiger charge is -2.23. The maximum Gasteiger partial charge on any atom is 0.246 e. The van der Waals surface area contributed by atoms with Crippen molar-refractivity contribution < 1.29 is 23.0 Å². The second kappa shape index (κ2) is 10.6. The summed E-state index contributed by atoms with van der Waals surface area (Å²) in [6, 6.07) is 8.68. The highest BCUT2D eigenvalue weighted by atomic mass is 19.1. The Morgan fingerprint density at radius 3 is 2.34 bits per heavy atom. The molecule has 0 fully saturated rings. The smallest absolute Gasteiger partial charge is 0.246 e. The van der Waals surface area contributed by atoms with Gasteiger partial charge in [0.15, 0.2) is 11.5 Å². The van der Waals surface area contributed by atoms with Crippen LogP contribution in [0.5, 0.6) is 11.5 Å². The minimum atomic E-state index is -0.670. The summed E-state index contributed by atoms with van der Waals surface area (Å²) in [5.41, 5.74) is 1.02. The summed E-state index contributed by atoms with van der Waals surface area (Å²) in [7, 11) is 6.87. The molecule has 0 aliphatic carbocycles. The first kappa shape index (κ1) is 22.4. The molecule has 0 heterocycles. The van der Waals surface area contributed by atoms with Gasteiger partial charge in [-0.05, 0) is 43.9 Å². The van der Waals surface area contributed by atoms with Crippen LogP contribution in [0, 0.1) is 11.6 Å². The van der Waals surface area contributed by atoms with Gasteiger partial charge in [0.05, 0.1) is 14.2 Å². The van der Waals surface area contributed by atoms with Crippen LogP contribution in [0.2, 0.25) is 0 Å². The van der Waals surface area contributed by atoms with E-state index in [0.717, 1.165) is 11.6 Å². The molecular formula is C22H26F2N2O3. The van der Waals surface area contributed by atoms with Crippen LogP contribution in [0.15, 0.2) is 42.5 Å². The van der Waals surface area contributed by atoms with Gasteiger partial charge in [0.2, 0.25) is 5.91 Å². The predicted octanol–water partition coefficient (Wildman–Crippen LogP) is 3.59. The molecule has 0 aliphatic rings. The zero-order valence-electron chi connectivity index (χ0n) is 17.1. The summed E-state index contributed by atoms with van der Waals surface area (Å²) in [4.78, 5) is 16.2. The molecule has 0 aliphatic heterocycles. The zero-order chi connectivity index (χ0) is 21.4. The largest absolute Gasteiger partial charge is 0.493 e. The van der Waals surface area contributed by atoms with Crippen LogP contribution < -0.4 is 9.47 Å². The van der Waals surface area contributed by atoms with Crippen molar-refractivity contribution in [3.63, 3.8) is 0 Å². The standard InChI is InChI=1S/C22H26F2N2O3/c1-25(2)11-12-26(15-17-7-8-18(23)14-19(17)24)22(27)10-6-16-5-9-20(28-3)21(13-16)29-4/h5-10,13-14H,11-12,15H2,1-4H3. The van der Waals surface area contributed by atoms with Gasteiger partial charge < -0.3 is 19.3 Å². The number of likely N-dealkylation sites (N-methyl/N-ethyl adjacent to an activating group) is 1. The molecule has 2 aromatic rings. The van der Waals surface area contributed by atoms with Gasteiger partial charge >= 0.3 is 0 Å². The fourth-order valence-electron chi connectivity index (χ4n) is 2.67. The molecular weight excluding hydrogens is 378 g/mol. The number of methoxy groups -OCH3 is 2. The van der Waals surface area contributed by atoms with Gasteiger partial charge in [0, 0.05) is 37.3 Å². The molecule has 0 atom stereocenters. The van der Waals surface area contributed by atoms with Gasteiger partial charge in [0.25, 0.3) is 0 Å². The molecule has 29 heavy (non-hydrogen) atoms. The third-order valence-electron chi connectivity index (χ3n) is 4.33. The molecule has 0 aromatic heterocycles. The third-order valence-corrected chi connectivity index (χ3v) is 4.33. The lowest BCUT2D eigenvalue weighted by atomic mass is 10.1. The van der Waals surface area contributed by atoms with E-state index in [0.29, 0.717) is 24.6 Å². The average Bonchev–Trinajstić information content (AvgIpc) is 2.70. The first-order chi connectivity index (χ1) is 13.8. The molecule has 1 amide bonds. The predicted molar refractivity (Wildman–Crippen MR) is 109 cm³/mol. The van der Waals surface area contributed by atoms with E-state index < -0.39 is 11.6 Å². The van der Waals surface area contributed by atoms with E-state index in [2.05, 4.69) is 0 Å². The Balaban J connectivity index is 2.19. The molecule has 7 heteroatoms.